The average Bonchev–Trinajstić information content (AvgIpc) is 2.45. The van der Waals surface area contributed by atoms with Crippen LogP contribution in [0, 0.1) is 19.8 Å². The molecule has 0 radical (unpaired) electrons. The Morgan fingerprint density at radius 1 is 1.29 bits per heavy atom. The van der Waals surface area contributed by atoms with Crippen LogP contribution in [0.25, 0.3) is 0 Å². The van der Waals surface area contributed by atoms with Crippen LogP contribution < -0.4 is 9.64 Å². The first kappa shape index (κ1) is 17.8. The quantitative estimate of drug-likeness (QED) is 0.571. The maximum absolute atomic E-state index is 12.2. The molecule has 0 saturated heterocycles. The van der Waals surface area contributed by atoms with Crippen molar-refractivity contribution in [2.45, 2.75) is 27.7 Å². The van der Waals surface area contributed by atoms with Crippen LogP contribution in [0.3, 0.4) is 0 Å². The largest absolute Gasteiger partial charge is 0.494 e. The lowest BCUT2D eigenvalue weighted by molar-refractivity contribution is -0.117. The van der Waals surface area contributed by atoms with Crippen molar-refractivity contribution in [1.82, 2.24) is 0 Å². The van der Waals surface area contributed by atoms with Gasteiger partial charge in [0.1, 0.15) is 18.4 Å². The van der Waals surface area contributed by atoms with Crippen LogP contribution in [-0.2, 0) is 9.53 Å². The summed E-state index contributed by atoms with van der Waals surface area (Å²) in [5.41, 5.74) is 2.64. The average molecular weight is 314 g/mol. The fourth-order valence-corrected chi connectivity index (χ4v) is 2.22. The summed E-state index contributed by atoms with van der Waals surface area (Å²) in [4.78, 5) is 13.7. The van der Waals surface area contributed by atoms with Crippen LogP contribution in [0.1, 0.15) is 25.0 Å². The molecule has 1 amide bonds. The molecule has 118 valence electrons. The molecule has 0 aliphatic carbocycles. The van der Waals surface area contributed by atoms with Gasteiger partial charge in [-0.05, 0) is 30.9 Å². The van der Waals surface area contributed by atoms with E-state index in [1.165, 1.54) is 0 Å². The number of halogens is 1. The number of ether oxygens (including phenoxy) is 2. The number of carbonyl (C=O) groups is 1. The third-order valence-electron chi connectivity index (χ3n) is 3.09. The minimum atomic E-state index is -0.201. The summed E-state index contributed by atoms with van der Waals surface area (Å²) in [6, 6.07) is 3.93. The van der Waals surface area contributed by atoms with Gasteiger partial charge in [0.25, 0.3) is 0 Å². The van der Waals surface area contributed by atoms with Gasteiger partial charge in [-0.3, -0.25) is 9.69 Å². The van der Waals surface area contributed by atoms with Crippen LogP contribution in [0.15, 0.2) is 12.1 Å². The van der Waals surface area contributed by atoms with Gasteiger partial charge in [0.05, 0.1) is 19.4 Å². The molecular weight excluding hydrogens is 290 g/mol. The van der Waals surface area contributed by atoms with Crippen molar-refractivity contribution in [1.29, 1.82) is 0 Å². The standard InChI is InChI=1S/C16H24ClNO3/c1-11(2)9-21-10-18(14(19)8-17)15-12(3)6-7-13(4)16(15)20-5/h6-7,11H,8-10H2,1-5H3. The molecular formula is C16H24ClNO3. The molecule has 0 aromatic heterocycles. The highest BCUT2D eigenvalue weighted by Crippen LogP contribution is 2.35. The molecule has 1 aromatic rings. The maximum Gasteiger partial charge on any atom is 0.243 e. The van der Waals surface area contributed by atoms with Crippen molar-refractivity contribution < 1.29 is 14.3 Å². The molecule has 21 heavy (non-hydrogen) atoms. The van der Waals surface area contributed by atoms with Gasteiger partial charge >= 0.3 is 0 Å². The maximum atomic E-state index is 12.2. The summed E-state index contributed by atoms with van der Waals surface area (Å²) in [6.07, 6.45) is 0. The number of amides is 1. The second-order valence-corrected chi connectivity index (χ2v) is 5.70. The Balaban J connectivity index is 3.14. The van der Waals surface area contributed by atoms with Gasteiger partial charge in [0.2, 0.25) is 5.91 Å². The van der Waals surface area contributed by atoms with Crippen molar-refractivity contribution in [2.24, 2.45) is 5.92 Å². The zero-order chi connectivity index (χ0) is 16.0. The smallest absolute Gasteiger partial charge is 0.243 e. The Kier molecular flexibility index (Phi) is 6.99. The number of aryl methyl sites for hydroxylation is 2. The molecule has 0 saturated carbocycles. The number of hydrogen-bond donors (Lipinski definition) is 0. The topological polar surface area (TPSA) is 38.8 Å². The van der Waals surface area contributed by atoms with Gasteiger partial charge in [-0.1, -0.05) is 26.0 Å². The Hall–Kier alpha value is -1.26. The Morgan fingerprint density at radius 2 is 1.90 bits per heavy atom. The van der Waals surface area contributed by atoms with Crippen LogP contribution in [-0.4, -0.2) is 32.2 Å². The van der Waals surface area contributed by atoms with Gasteiger partial charge in [0.15, 0.2) is 0 Å². The van der Waals surface area contributed by atoms with E-state index in [0.29, 0.717) is 18.3 Å². The molecule has 0 fully saturated rings. The molecule has 5 heteroatoms. The third-order valence-corrected chi connectivity index (χ3v) is 3.32. The van der Waals surface area contributed by atoms with Gasteiger partial charge in [-0.25, -0.2) is 0 Å². The summed E-state index contributed by atoms with van der Waals surface area (Å²) >= 11 is 5.74. The molecule has 1 aromatic carbocycles. The van der Waals surface area contributed by atoms with Crippen molar-refractivity contribution in [3.05, 3.63) is 23.3 Å². The predicted molar refractivity (Wildman–Crippen MR) is 86.3 cm³/mol. The number of alkyl halides is 1. The Bertz CT molecular complexity index is 489. The van der Waals surface area contributed by atoms with Gasteiger partial charge in [-0.15, -0.1) is 11.6 Å². The summed E-state index contributed by atoms with van der Waals surface area (Å²) < 4.78 is 11.1. The molecule has 0 unspecified atom stereocenters. The summed E-state index contributed by atoms with van der Waals surface area (Å²) in [7, 11) is 1.60. The van der Waals surface area contributed by atoms with Gasteiger partial charge in [-0.2, -0.15) is 0 Å². The summed E-state index contributed by atoms with van der Waals surface area (Å²) in [6.45, 7) is 8.76. The molecule has 0 spiro atoms. The van der Waals surface area contributed by atoms with Crippen LogP contribution in [0.5, 0.6) is 5.75 Å². The number of nitrogens with zero attached hydrogens (tertiary/aromatic N) is 1. The zero-order valence-electron chi connectivity index (χ0n) is 13.4. The highest BCUT2D eigenvalue weighted by molar-refractivity contribution is 6.29. The number of methoxy groups -OCH3 is 1. The van der Waals surface area contributed by atoms with Crippen molar-refractivity contribution >= 4 is 23.2 Å². The monoisotopic (exact) mass is 313 g/mol. The first-order chi connectivity index (χ1) is 9.92. The van der Waals surface area contributed by atoms with Crippen molar-refractivity contribution in [3.8, 4) is 5.75 Å². The van der Waals surface area contributed by atoms with Gasteiger partial charge < -0.3 is 9.47 Å². The lowest BCUT2D eigenvalue weighted by Gasteiger charge is -2.26. The molecule has 4 nitrogen and oxygen atoms in total. The van der Waals surface area contributed by atoms with Crippen molar-refractivity contribution in [2.75, 3.05) is 31.2 Å². The summed E-state index contributed by atoms with van der Waals surface area (Å²) in [5.74, 6) is 0.786. The van der Waals surface area contributed by atoms with E-state index < -0.39 is 0 Å². The molecule has 0 aliphatic rings. The fourth-order valence-electron chi connectivity index (χ4n) is 2.08. The molecule has 0 atom stereocenters. The second-order valence-electron chi connectivity index (χ2n) is 5.43. The Morgan fingerprint density at radius 3 is 2.43 bits per heavy atom. The number of hydrogen-bond acceptors (Lipinski definition) is 3. The lowest BCUT2D eigenvalue weighted by atomic mass is 10.1. The fraction of sp³-hybridized carbons (Fsp3) is 0.562. The van der Waals surface area contributed by atoms with E-state index in [1.54, 1.807) is 12.0 Å². The van der Waals surface area contributed by atoms with Crippen LogP contribution in [0.4, 0.5) is 5.69 Å². The van der Waals surface area contributed by atoms with Crippen molar-refractivity contribution in [3.63, 3.8) is 0 Å². The van der Waals surface area contributed by atoms with Gasteiger partial charge in [0, 0.05) is 0 Å². The highest BCUT2D eigenvalue weighted by Gasteiger charge is 2.22. The number of rotatable bonds is 7. The predicted octanol–water partition coefficient (Wildman–Crippen LogP) is 3.51. The molecule has 0 heterocycles. The highest BCUT2D eigenvalue weighted by atomic mass is 35.5. The first-order valence-corrected chi connectivity index (χ1v) is 7.54. The first-order valence-electron chi connectivity index (χ1n) is 7.00. The van der Waals surface area contributed by atoms with E-state index in [2.05, 4.69) is 13.8 Å². The van der Waals surface area contributed by atoms with E-state index in [4.69, 9.17) is 21.1 Å². The van der Waals surface area contributed by atoms with E-state index in [-0.39, 0.29) is 18.5 Å². The number of anilines is 1. The molecule has 0 N–H and O–H groups in total. The third kappa shape index (κ3) is 4.61. The number of carbonyl (C=O) groups excluding carboxylic acids is 1. The van der Waals surface area contributed by atoms with Crippen LogP contribution in [0.2, 0.25) is 0 Å². The second kappa shape index (κ2) is 8.25. The Labute approximate surface area is 132 Å². The zero-order valence-corrected chi connectivity index (χ0v) is 14.2. The number of benzene rings is 1. The SMILES string of the molecule is COc1c(C)ccc(C)c1N(COCC(C)C)C(=O)CCl. The molecule has 1 rings (SSSR count). The normalized spacial score (nSPS) is 10.8. The van der Waals surface area contributed by atoms with E-state index in [9.17, 15) is 4.79 Å². The van der Waals surface area contributed by atoms with E-state index >= 15 is 0 Å². The minimum Gasteiger partial charge on any atom is -0.494 e. The summed E-state index contributed by atoms with van der Waals surface area (Å²) in [5, 5.41) is 0. The minimum absolute atomic E-state index is 0.0957. The van der Waals surface area contributed by atoms with Crippen LogP contribution >= 0.6 is 11.6 Å². The molecule has 0 aliphatic heterocycles. The van der Waals surface area contributed by atoms with E-state index in [0.717, 1.165) is 16.8 Å². The lowest BCUT2D eigenvalue weighted by Crippen LogP contribution is -2.35. The molecule has 0 bridgehead atoms. The van der Waals surface area contributed by atoms with E-state index in [1.807, 2.05) is 26.0 Å².